The number of nitrogens with zero attached hydrogens (tertiary/aromatic N) is 1. The van der Waals surface area contributed by atoms with Crippen molar-refractivity contribution in [3.05, 3.63) is 22.7 Å². The van der Waals surface area contributed by atoms with Crippen molar-refractivity contribution in [2.75, 3.05) is 7.11 Å². The molecule has 5 nitrogen and oxygen atoms in total. The zero-order chi connectivity index (χ0) is 12.1. The fraction of sp³-hybridized carbons (Fsp3) is 0.200. The molecule has 0 aliphatic carbocycles. The molecule has 0 saturated heterocycles. The Balaban J connectivity index is 3.22. The number of esters is 1. The van der Waals surface area contributed by atoms with Gasteiger partial charge >= 0.3 is 5.97 Å². The largest absolute Gasteiger partial charge is 0.493 e. The summed E-state index contributed by atoms with van der Waals surface area (Å²) in [4.78, 5) is 10.9. The molecule has 0 spiro atoms. The molecule has 1 aromatic carbocycles. The first-order valence-electron chi connectivity index (χ1n) is 4.37. The number of hydrazone groups is 1. The summed E-state index contributed by atoms with van der Waals surface area (Å²) in [6, 6.07) is 3.18. The van der Waals surface area contributed by atoms with Gasteiger partial charge < -0.3 is 15.3 Å². The number of nitrogens with two attached hydrogens (primary N) is 1. The second-order valence-electron chi connectivity index (χ2n) is 2.91. The van der Waals surface area contributed by atoms with Crippen LogP contribution in [-0.4, -0.2) is 19.3 Å². The molecule has 0 aromatic heterocycles. The summed E-state index contributed by atoms with van der Waals surface area (Å²) in [6.07, 6.45) is 1.41. The van der Waals surface area contributed by atoms with Gasteiger partial charge in [0.15, 0.2) is 11.5 Å². The lowest BCUT2D eigenvalue weighted by atomic mass is 10.2. The van der Waals surface area contributed by atoms with Gasteiger partial charge in [-0.3, -0.25) is 4.79 Å². The van der Waals surface area contributed by atoms with Crippen LogP contribution in [0.5, 0.6) is 11.5 Å². The molecule has 1 aromatic rings. The van der Waals surface area contributed by atoms with Crippen molar-refractivity contribution in [2.24, 2.45) is 10.9 Å². The van der Waals surface area contributed by atoms with Crippen LogP contribution in [0, 0.1) is 0 Å². The van der Waals surface area contributed by atoms with Gasteiger partial charge in [-0.15, -0.1) is 0 Å². The molecule has 0 saturated carbocycles. The zero-order valence-electron chi connectivity index (χ0n) is 8.86. The van der Waals surface area contributed by atoms with E-state index in [9.17, 15) is 4.79 Å². The summed E-state index contributed by atoms with van der Waals surface area (Å²) in [7, 11) is 1.45. The zero-order valence-corrected chi connectivity index (χ0v) is 9.62. The van der Waals surface area contributed by atoms with E-state index >= 15 is 0 Å². The number of benzene rings is 1. The number of carbonyl (C=O) groups excluding carboxylic acids is 1. The number of ether oxygens (including phenoxy) is 2. The Labute approximate surface area is 97.8 Å². The van der Waals surface area contributed by atoms with E-state index in [4.69, 9.17) is 26.9 Å². The molecular formula is C10H11ClN2O3. The molecule has 16 heavy (non-hydrogen) atoms. The average Bonchev–Trinajstić information content (AvgIpc) is 2.21. The van der Waals surface area contributed by atoms with Gasteiger partial charge in [0, 0.05) is 6.92 Å². The molecule has 1 rings (SSSR count). The van der Waals surface area contributed by atoms with Crippen molar-refractivity contribution in [1.82, 2.24) is 0 Å². The molecule has 86 valence electrons. The first-order chi connectivity index (χ1) is 7.58. The Morgan fingerprint density at radius 1 is 1.56 bits per heavy atom. The van der Waals surface area contributed by atoms with Crippen molar-refractivity contribution in [1.29, 1.82) is 0 Å². The van der Waals surface area contributed by atoms with Gasteiger partial charge in [0.25, 0.3) is 0 Å². The molecule has 2 N–H and O–H groups in total. The molecule has 0 fully saturated rings. The summed E-state index contributed by atoms with van der Waals surface area (Å²) < 4.78 is 9.98. The number of carbonyl (C=O) groups is 1. The van der Waals surface area contributed by atoms with Crippen molar-refractivity contribution in [2.45, 2.75) is 6.92 Å². The van der Waals surface area contributed by atoms with Gasteiger partial charge in [-0.1, -0.05) is 11.6 Å². The molecule has 0 heterocycles. The lowest BCUT2D eigenvalue weighted by molar-refractivity contribution is -0.132. The van der Waals surface area contributed by atoms with Crippen LogP contribution in [-0.2, 0) is 4.79 Å². The van der Waals surface area contributed by atoms with E-state index in [1.54, 1.807) is 12.1 Å². The molecule has 0 unspecified atom stereocenters. The number of rotatable bonds is 3. The number of methoxy groups -OCH3 is 1. The average molecular weight is 243 g/mol. The van der Waals surface area contributed by atoms with Gasteiger partial charge in [0.05, 0.1) is 18.3 Å². The highest BCUT2D eigenvalue weighted by Crippen LogP contribution is 2.36. The maximum absolute atomic E-state index is 10.9. The Morgan fingerprint density at radius 2 is 2.25 bits per heavy atom. The smallest absolute Gasteiger partial charge is 0.308 e. The van der Waals surface area contributed by atoms with Crippen LogP contribution in [0.1, 0.15) is 12.5 Å². The third-order valence-electron chi connectivity index (χ3n) is 1.72. The van der Waals surface area contributed by atoms with Crippen molar-refractivity contribution in [3.8, 4) is 11.5 Å². The summed E-state index contributed by atoms with van der Waals surface area (Å²) >= 11 is 5.93. The predicted molar refractivity (Wildman–Crippen MR) is 61.1 cm³/mol. The van der Waals surface area contributed by atoms with E-state index in [0.29, 0.717) is 11.3 Å². The molecule has 0 atom stereocenters. The highest BCUT2D eigenvalue weighted by Gasteiger charge is 2.13. The van der Waals surface area contributed by atoms with E-state index < -0.39 is 5.97 Å². The SMILES string of the molecule is COc1cc(C=NN)cc(Cl)c1OC(C)=O. The van der Waals surface area contributed by atoms with E-state index in [2.05, 4.69) is 5.10 Å². The molecule has 0 bridgehead atoms. The van der Waals surface area contributed by atoms with Crippen LogP contribution < -0.4 is 15.3 Å². The van der Waals surface area contributed by atoms with Gasteiger partial charge in [-0.25, -0.2) is 0 Å². The molecule has 0 aliphatic heterocycles. The molecule has 0 amide bonds. The lowest BCUT2D eigenvalue weighted by Crippen LogP contribution is -2.04. The minimum atomic E-state index is -0.472. The number of hydrogen-bond acceptors (Lipinski definition) is 5. The van der Waals surface area contributed by atoms with Crippen LogP contribution in [0.2, 0.25) is 5.02 Å². The third-order valence-corrected chi connectivity index (χ3v) is 2.00. The number of halogens is 1. The minimum Gasteiger partial charge on any atom is -0.493 e. The highest BCUT2D eigenvalue weighted by atomic mass is 35.5. The van der Waals surface area contributed by atoms with Crippen LogP contribution in [0.15, 0.2) is 17.2 Å². The fourth-order valence-corrected chi connectivity index (χ4v) is 1.40. The predicted octanol–water partition coefficient (Wildman–Crippen LogP) is 1.57. The fourth-order valence-electron chi connectivity index (χ4n) is 1.14. The molecular weight excluding hydrogens is 232 g/mol. The van der Waals surface area contributed by atoms with Crippen LogP contribution in [0.25, 0.3) is 0 Å². The maximum atomic E-state index is 10.9. The minimum absolute atomic E-state index is 0.186. The van der Waals surface area contributed by atoms with E-state index in [1.165, 1.54) is 20.2 Å². The summed E-state index contributed by atoms with van der Waals surface area (Å²) in [5.74, 6) is 5.08. The number of hydrogen-bond donors (Lipinski definition) is 1. The van der Waals surface area contributed by atoms with Crippen molar-refractivity contribution in [3.63, 3.8) is 0 Å². The Bertz CT molecular complexity index is 432. The van der Waals surface area contributed by atoms with Gasteiger partial charge in [0.1, 0.15) is 0 Å². The maximum Gasteiger partial charge on any atom is 0.308 e. The van der Waals surface area contributed by atoms with E-state index in [-0.39, 0.29) is 10.8 Å². The van der Waals surface area contributed by atoms with Crippen LogP contribution >= 0.6 is 11.6 Å². The Morgan fingerprint density at radius 3 is 2.75 bits per heavy atom. The van der Waals surface area contributed by atoms with Gasteiger partial charge in [0.2, 0.25) is 0 Å². The van der Waals surface area contributed by atoms with E-state index in [0.717, 1.165) is 0 Å². The van der Waals surface area contributed by atoms with Crippen LogP contribution in [0.3, 0.4) is 0 Å². The lowest BCUT2D eigenvalue weighted by Gasteiger charge is -2.10. The molecule has 6 heteroatoms. The normalized spacial score (nSPS) is 10.4. The Kier molecular flexibility index (Phi) is 4.13. The molecule has 0 aliphatic rings. The monoisotopic (exact) mass is 242 g/mol. The van der Waals surface area contributed by atoms with Crippen molar-refractivity contribution >= 4 is 23.8 Å². The Hall–Kier alpha value is -1.75. The van der Waals surface area contributed by atoms with Crippen LogP contribution in [0.4, 0.5) is 0 Å². The second-order valence-corrected chi connectivity index (χ2v) is 3.31. The first kappa shape index (κ1) is 12.3. The molecule has 0 radical (unpaired) electrons. The summed E-state index contributed by atoms with van der Waals surface area (Å²) in [5, 5.41) is 3.62. The second kappa shape index (κ2) is 5.37. The van der Waals surface area contributed by atoms with Gasteiger partial charge in [-0.2, -0.15) is 5.10 Å². The summed E-state index contributed by atoms with van der Waals surface area (Å²) in [6.45, 7) is 1.28. The van der Waals surface area contributed by atoms with Crippen molar-refractivity contribution < 1.29 is 14.3 Å². The van der Waals surface area contributed by atoms with E-state index in [1.807, 2.05) is 0 Å². The standard InChI is InChI=1S/C10H11ClN2O3/c1-6(14)16-10-8(11)3-7(5-13-12)4-9(10)15-2/h3-5H,12H2,1-2H3. The van der Waals surface area contributed by atoms with Gasteiger partial charge in [-0.05, 0) is 17.7 Å². The topological polar surface area (TPSA) is 73.9 Å². The summed E-state index contributed by atoms with van der Waals surface area (Å²) in [5.41, 5.74) is 0.653. The quantitative estimate of drug-likeness (QED) is 0.287. The highest BCUT2D eigenvalue weighted by molar-refractivity contribution is 6.32. The third kappa shape index (κ3) is 2.87. The first-order valence-corrected chi connectivity index (χ1v) is 4.75.